The van der Waals surface area contributed by atoms with E-state index in [1.807, 2.05) is 18.2 Å². The Bertz CT molecular complexity index is 1200. The van der Waals surface area contributed by atoms with E-state index in [0.29, 0.717) is 18.5 Å². The van der Waals surface area contributed by atoms with Gasteiger partial charge in [0.1, 0.15) is 11.6 Å². The van der Waals surface area contributed by atoms with Crippen LogP contribution < -0.4 is 0 Å². The highest BCUT2D eigenvalue weighted by Gasteiger charge is 2.34. The number of amides is 1. The normalized spacial score (nSPS) is 16.1. The van der Waals surface area contributed by atoms with E-state index in [1.165, 1.54) is 42.0 Å². The van der Waals surface area contributed by atoms with Crippen LogP contribution in [0.2, 0.25) is 0 Å². The van der Waals surface area contributed by atoms with Crippen molar-refractivity contribution in [2.75, 3.05) is 6.54 Å². The quantitative estimate of drug-likeness (QED) is 0.501. The first kappa shape index (κ1) is 17.6. The molecule has 2 heterocycles. The average Bonchev–Trinajstić information content (AvgIpc) is 3.12. The van der Waals surface area contributed by atoms with Gasteiger partial charge in [-0.05, 0) is 60.0 Å². The first-order valence-electron chi connectivity index (χ1n) is 9.53. The number of H-pyrrole nitrogens is 1. The van der Waals surface area contributed by atoms with Crippen molar-refractivity contribution in [3.63, 3.8) is 0 Å². The van der Waals surface area contributed by atoms with Gasteiger partial charge in [-0.2, -0.15) is 0 Å². The van der Waals surface area contributed by atoms with Gasteiger partial charge in [0, 0.05) is 28.7 Å². The summed E-state index contributed by atoms with van der Waals surface area (Å²) in [5.74, 6) is -0.880. The smallest absolute Gasteiger partial charge is 0.254 e. The summed E-state index contributed by atoms with van der Waals surface area (Å²) in [7, 11) is 0. The molecule has 3 nitrogen and oxygen atoms in total. The van der Waals surface area contributed by atoms with Crippen LogP contribution in [0.4, 0.5) is 8.78 Å². The molecular formula is C24H18F2N2O. The van der Waals surface area contributed by atoms with E-state index in [9.17, 15) is 13.6 Å². The number of benzene rings is 3. The Morgan fingerprint density at radius 2 is 1.55 bits per heavy atom. The number of rotatable bonds is 2. The predicted octanol–water partition coefficient (Wildman–Crippen LogP) is 5.23. The molecule has 0 saturated carbocycles. The highest BCUT2D eigenvalue weighted by atomic mass is 19.1. The molecule has 29 heavy (non-hydrogen) atoms. The average molecular weight is 388 g/mol. The number of halogens is 2. The second kappa shape index (κ2) is 6.85. The van der Waals surface area contributed by atoms with Crippen LogP contribution in [0, 0.1) is 11.6 Å². The maximum atomic E-state index is 13.6. The maximum Gasteiger partial charge on any atom is 0.254 e. The first-order valence-corrected chi connectivity index (χ1v) is 9.53. The van der Waals surface area contributed by atoms with E-state index in [1.54, 1.807) is 17.0 Å². The lowest BCUT2D eigenvalue weighted by molar-refractivity contribution is 0.0692. The maximum absolute atomic E-state index is 13.6. The third-order valence-corrected chi connectivity index (χ3v) is 5.57. The SMILES string of the molecule is O=C(c1ccc(F)cc1)N1CCc2c([nH]c3ccccc23)C1c1ccc(F)cc1. The van der Waals surface area contributed by atoms with Crippen LogP contribution in [0.15, 0.2) is 72.8 Å². The van der Waals surface area contributed by atoms with Crippen LogP contribution in [-0.2, 0) is 6.42 Å². The number of carbonyl (C=O) groups excluding carboxylic acids is 1. The molecule has 0 aliphatic carbocycles. The minimum absolute atomic E-state index is 0.177. The first-order chi connectivity index (χ1) is 14.1. The Balaban J connectivity index is 1.65. The Morgan fingerprint density at radius 3 is 2.28 bits per heavy atom. The Morgan fingerprint density at radius 1 is 0.897 bits per heavy atom. The van der Waals surface area contributed by atoms with Gasteiger partial charge in [0.05, 0.1) is 6.04 Å². The molecular weight excluding hydrogens is 370 g/mol. The van der Waals surface area contributed by atoms with Crippen molar-refractivity contribution in [3.8, 4) is 0 Å². The lowest BCUT2D eigenvalue weighted by Gasteiger charge is -2.36. The van der Waals surface area contributed by atoms with E-state index in [-0.39, 0.29) is 23.6 Å². The molecule has 0 radical (unpaired) electrons. The van der Waals surface area contributed by atoms with Crippen molar-refractivity contribution < 1.29 is 13.6 Å². The monoisotopic (exact) mass is 388 g/mol. The number of hydrogen-bond acceptors (Lipinski definition) is 1. The van der Waals surface area contributed by atoms with Crippen molar-refractivity contribution in [2.24, 2.45) is 0 Å². The molecule has 1 amide bonds. The van der Waals surface area contributed by atoms with Crippen LogP contribution in [0.1, 0.15) is 33.2 Å². The summed E-state index contributed by atoms with van der Waals surface area (Å²) in [6.07, 6.45) is 0.712. The Kier molecular flexibility index (Phi) is 4.16. The van der Waals surface area contributed by atoms with Crippen molar-refractivity contribution in [1.29, 1.82) is 0 Å². The fourth-order valence-corrected chi connectivity index (χ4v) is 4.21. The zero-order valence-corrected chi connectivity index (χ0v) is 15.5. The molecule has 1 aliphatic rings. The lowest BCUT2D eigenvalue weighted by Crippen LogP contribution is -2.40. The van der Waals surface area contributed by atoms with E-state index in [0.717, 1.165) is 22.2 Å². The van der Waals surface area contributed by atoms with Gasteiger partial charge in [-0.1, -0.05) is 30.3 Å². The zero-order valence-electron chi connectivity index (χ0n) is 15.5. The minimum atomic E-state index is -0.381. The number of aromatic nitrogens is 1. The van der Waals surface area contributed by atoms with Crippen molar-refractivity contribution in [1.82, 2.24) is 9.88 Å². The number of aromatic amines is 1. The van der Waals surface area contributed by atoms with Gasteiger partial charge in [0.2, 0.25) is 0 Å². The molecule has 144 valence electrons. The summed E-state index contributed by atoms with van der Waals surface area (Å²) in [4.78, 5) is 18.6. The molecule has 3 aromatic carbocycles. The van der Waals surface area contributed by atoms with Gasteiger partial charge < -0.3 is 9.88 Å². The summed E-state index contributed by atoms with van der Waals surface area (Å²) < 4.78 is 26.9. The molecule has 0 spiro atoms. The fourth-order valence-electron chi connectivity index (χ4n) is 4.21. The fraction of sp³-hybridized carbons (Fsp3) is 0.125. The summed E-state index contributed by atoms with van der Waals surface area (Å²) in [5, 5.41) is 1.14. The number of nitrogens with zero attached hydrogens (tertiary/aromatic N) is 1. The molecule has 1 aromatic heterocycles. The van der Waals surface area contributed by atoms with Gasteiger partial charge in [-0.3, -0.25) is 4.79 Å². The molecule has 1 unspecified atom stereocenters. The zero-order chi connectivity index (χ0) is 20.0. The molecule has 0 saturated heterocycles. The topological polar surface area (TPSA) is 36.1 Å². The van der Waals surface area contributed by atoms with Crippen molar-refractivity contribution >= 4 is 16.8 Å². The molecule has 0 fully saturated rings. The molecule has 1 N–H and O–H groups in total. The molecule has 4 aromatic rings. The van der Waals surface area contributed by atoms with Crippen molar-refractivity contribution in [2.45, 2.75) is 12.5 Å². The van der Waals surface area contributed by atoms with E-state index in [4.69, 9.17) is 0 Å². The number of fused-ring (bicyclic) bond motifs is 3. The molecule has 1 atom stereocenters. The molecule has 1 aliphatic heterocycles. The number of para-hydroxylation sites is 1. The van der Waals surface area contributed by atoms with Gasteiger partial charge in [-0.25, -0.2) is 8.78 Å². The molecule has 5 heteroatoms. The van der Waals surface area contributed by atoms with Gasteiger partial charge in [-0.15, -0.1) is 0 Å². The minimum Gasteiger partial charge on any atom is -0.356 e. The van der Waals surface area contributed by atoms with E-state index >= 15 is 0 Å². The van der Waals surface area contributed by atoms with E-state index < -0.39 is 0 Å². The largest absolute Gasteiger partial charge is 0.356 e. The Hall–Kier alpha value is -3.47. The third kappa shape index (κ3) is 2.99. The number of carbonyl (C=O) groups is 1. The summed E-state index contributed by atoms with van der Waals surface area (Å²) in [6, 6.07) is 19.5. The highest BCUT2D eigenvalue weighted by molar-refractivity contribution is 5.95. The van der Waals surface area contributed by atoms with Gasteiger partial charge in [0.15, 0.2) is 0 Å². The van der Waals surface area contributed by atoms with E-state index in [2.05, 4.69) is 11.1 Å². The molecule has 5 rings (SSSR count). The van der Waals surface area contributed by atoms with Crippen LogP contribution in [0.25, 0.3) is 10.9 Å². The number of nitrogens with one attached hydrogen (secondary N) is 1. The third-order valence-electron chi connectivity index (χ3n) is 5.57. The van der Waals surface area contributed by atoms with Gasteiger partial charge >= 0.3 is 0 Å². The molecule has 0 bridgehead atoms. The standard InChI is InChI=1S/C24H18F2N2O/c25-17-9-5-15(6-10-17)23-22-20(19-3-1-2-4-21(19)27-22)13-14-28(23)24(29)16-7-11-18(26)12-8-16/h1-12,23,27H,13-14H2. The summed E-state index contributed by atoms with van der Waals surface area (Å²) >= 11 is 0. The second-order valence-corrected chi connectivity index (χ2v) is 7.27. The summed E-state index contributed by atoms with van der Waals surface area (Å²) in [6.45, 7) is 0.521. The van der Waals surface area contributed by atoms with Gasteiger partial charge in [0.25, 0.3) is 5.91 Å². The highest BCUT2D eigenvalue weighted by Crippen LogP contribution is 2.39. The second-order valence-electron chi connectivity index (χ2n) is 7.27. The number of hydrogen-bond donors (Lipinski definition) is 1. The predicted molar refractivity (Wildman–Crippen MR) is 108 cm³/mol. The lowest BCUT2D eigenvalue weighted by atomic mass is 9.91. The van der Waals surface area contributed by atoms with Crippen LogP contribution in [-0.4, -0.2) is 22.3 Å². The van der Waals surface area contributed by atoms with Crippen LogP contribution in [0.5, 0.6) is 0 Å². The van der Waals surface area contributed by atoms with Crippen LogP contribution in [0.3, 0.4) is 0 Å². The summed E-state index contributed by atoms with van der Waals surface area (Å²) in [5.41, 5.74) is 4.39. The Labute approximate surface area is 166 Å². The van der Waals surface area contributed by atoms with Crippen molar-refractivity contribution in [3.05, 3.63) is 107 Å². The van der Waals surface area contributed by atoms with Crippen LogP contribution >= 0.6 is 0 Å².